The minimum absolute atomic E-state index is 0. The standard InChI is InChI=1S/C19H22N4O.ClH/c24-19-12-21-11-15(19)10-20-9-14-5-7-16(8-6-14)23-13-22-17-3-1-2-4-18(17)23;/h1-8,13,15,19-21,24H,9-12H2;1H. The van der Waals surface area contributed by atoms with Gasteiger partial charge in [0.2, 0.25) is 0 Å². The first-order valence-corrected chi connectivity index (χ1v) is 8.42. The third-order valence-electron chi connectivity index (χ3n) is 4.71. The predicted molar refractivity (Wildman–Crippen MR) is 102 cm³/mol. The van der Waals surface area contributed by atoms with E-state index in [1.807, 2.05) is 24.5 Å². The first-order chi connectivity index (χ1) is 11.8. The van der Waals surface area contributed by atoms with Crippen LogP contribution in [0.2, 0.25) is 0 Å². The van der Waals surface area contributed by atoms with Crippen molar-refractivity contribution in [3.05, 3.63) is 60.4 Å². The monoisotopic (exact) mass is 358 g/mol. The zero-order valence-electron chi connectivity index (χ0n) is 13.9. The third kappa shape index (κ3) is 3.85. The summed E-state index contributed by atoms with van der Waals surface area (Å²) in [6, 6.07) is 16.7. The molecule has 0 amide bonds. The number of aliphatic hydroxyl groups is 1. The smallest absolute Gasteiger partial charge is 0.100 e. The summed E-state index contributed by atoms with van der Waals surface area (Å²) < 4.78 is 2.10. The van der Waals surface area contributed by atoms with Gasteiger partial charge in [-0.15, -0.1) is 12.4 Å². The molecule has 2 atom stereocenters. The summed E-state index contributed by atoms with van der Waals surface area (Å²) in [7, 11) is 0. The van der Waals surface area contributed by atoms with E-state index in [-0.39, 0.29) is 18.5 Å². The first-order valence-electron chi connectivity index (χ1n) is 8.42. The largest absolute Gasteiger partial charge is 0.391 e. The minimum atomic E-state index is -0.227. The molecule has 25 heavy (non-hydrogen) atoms. The molecule has 0 saturated carbocycles. The number of aromatic nitrogens is 2. The van der Waals surface area contributed by atoms with Gasteiger partial charge in [-0.25, -0.2) is 4.98 Å². The zero-order chi connectivity index (χ0) is 16.4. The van der Waals surface area contributed by atoms with Gasteiger partial charge in [-0.1, -0.05) is 24.3 Å². The number of benzene rings is 2. The lowest BCUT2D eigenvalue weighted by atomic mass is 10.1. The summed E-state index contributed by atoms with van der Waals surface area (Å²) in [5.74, 6) is 0.307. The van der Waals surface area contributed by atoms with E-state index in [2.05, 4.69) is 50.5 Å². The van der Waals surface area contributed by atoms with Gasteiger partial charge in [-0.2, -0.15) is 0 Å². The summed E-state index contributed by atoms with van der Waals surface area (Å²) in [5.41, 5.74) is 4.48. The van der Waals surface area contributed by atoms with Crippen LogP contribution in [-0.2, 0) is 6.54 Å². The van der Waals surface area contributed by atoms with Gasteiger partial charge in [0.05, 0.1) is 17.1 Å². The molecule has 1 aromatic heterocycles. The number of fused-ring (bicyclic) bond motifs is 1. The van der Waals surface area contributed by atoms with E-state index in [1.165, 1.54) is 5.56 Å². The van der Waals surface area contributed by atoms with Crippen LogP contribution in [0.4, 0.5) is 0 Å². The highest BCUT2D eigenvalue weighted by molar-refractivity contribution is 5.85. The second kappa shape index (κ2) is 7.97. The van der Waals surface area contributed by atoms with Crippen LogP contribution in [0.3, 0.4) is 0 Å². The number of aliphatic hydroxyl groups excluding tert-OH is 1. The highest BCUT2D eigenvalue weighted by atomic mass is 35.5. The molecule has 6 heteroatoms. The molecule has 2 heterocycles. The van der Waals surface area contributed by atoms with Crippen LogP contribution in [0, 0.1) is 5.92 Å². The van der Waals surface area contributed by atoms with Gasteiger partial charge in [0.1, 0.15) is 6.33 Å². The van der Waals surface area contributed by atoms with Crippen molar-refractivity contribution in [1.82, 2.24) is 20.2 Å². The number of hydrogen-bond acceptors (Lipinski definition) is 4. The zero-order valence-corrected chi connectivity index (χ0v) is 14.7. The summed E-state index contributed by atoms with van der Waals surface area (Å²) in [5, 5.41) is 16.5. The van der Waals surface area contributed by atoms with Crippen molar-refractivity contribution in [2.75, 3.05) is 19.6 Å². The molecular formula is C19H23ClN4O. The normalized spacial score (nSPS) is 19.9. The Morgan fingerprint density at radius 2 is 1.92 bits per heavy atom. The van der Waals surface area contributed by atoms with E-state index >= 15 is 0 Å². The van der Waals surface area contributed by atoms with E-state index in [4.69, 9.17) is 0 Å². The van der Waals surface area contributed by atoms with Gasteiger partial charge in [-0.05, 0) is 29.8 Å². The molecule has 1 fully saturated rings. The molecule has 2 unspecified atom stereocenters. The Labute approximate surface area is 153 Å². The fourth-order valence-corrected chi connectivity index (χ4v) is 3.27. The lowest BCUT2D eigenvalue weighted by Crippen LogP contribution is -2.30. The number of imidazole rings is 1. The van der Waals surface area contributed by atoms with Gasteiger partial charge < -0.3 is 15.7 Å². The number of rotatable bonds is 5. The molecule has 0 radical (unpaired) electrons. The number of halogens is 1. The Bertz CT molecular complexity index is 818. The van der Waals surface area contributed by atoms with Crippen LogP contribution in [-0.4, -0.2) is 40.4 Å². The van der Waals surface area contributed by atoms with Gasteiger partial charge in [-0.3, -0.25) is 4.57 Å². The first kappa shape index (κ1) is 17.9. The van der Waals surface area contributed by atoms with Gasteiger partial charge in [0, 0.05) is 37.8 Å². The fourth-order valence-electron chi connectivity index (χ4n) is 3.27. The SMILES string of the molecule is Cl.OC1CNCC1CNCc1ccc(-n2cnc3ccccc32)cc1. The number of β-amino-alcohol motifs (C(OH)–C–C–N with tert-alkyl or cyclic N) is 1. The number of para-hydroxylation sites is 2. The molecule has 2 aromatic carbocycles. The van der Waals surface area contributed by atoms with E-state index < -0.39 is 0 Å². The number of nitrogens with zero attached hydrogens (tertiary/aromatic N) is 2. The maximum atomic E-state index is 9.80. The van der Waals surface area contributed by atoms with Crippen LogP contribution in [0.25, 0.3) is 16.7 Å². The second-order valence-electron chi connectivity index (χ2n) is 6.39. The van der Waals surface area contributed by atoms with Gasteiger partial charge in [0.15, 0.2) is 0 Å². The maximum Gasteiger partial charge on any atom is 0.100 e. The molecular weight excluding hydrogens is 336 g/mol. The molecule has 5 nitrogen and oxygen atoms in total. The average molecular weight is 359 g/mol. The maximum absolute atomic E-state index is 9.80. The fraction of sp³-hybridized carbons (Fsp3) is 0.316. The Morgan fingerprint density at radius 1 is 1.12 bits per heavy atom. The van der Waals surface area contributed by atoms with Crippen LogP contribution < -0.4 is 10.6 Å². The quantitative estimate of drug-likeness (QED) is 0.653. The molecule has 1 saturated heterocycles. The van der Waals surface area contributed by atoms with Crippen molar-refractivity contribution in [2.24, 2.45) is 5.92 Å². The Hall–Kier alpha value is -1.92. The Morgan fingerprint density at radius 3 is 2.68 bits per heavy atom. The lowest BCUT2D eigenvalue weighted by molar-refractivity contribution is 0.146. The topological polar surface area (TPSA) is 62.1 Å². The molecule has 0 aliphatic carbocycles. The van der Waals surface area contributed by atoms with Crippen molar-refractivity contribution in [3.8, 4) is 5.69 Å². The second-order valence-corrected chi connectivity index (χ2v) is 6.39. The van der Waals surface area contributed by atoms with Crippen LogP contribution in [0.1, 0.15) is 5.56 Å². The summed E-state index contributed by atoms with van der Waals surface area (Å²) in [6.07, 6.45) is 1.64. The third-order valence-corrected chi connectivity index (χ3v) is 4.71. The van der Waals surface area contributed by atoms with Gasteiger partial charge >= 0.3 is 0 Å². The summed E-state index contributed by atoms with van der Waals surface area (Å²) in [6.45, 7) is 3.25. The van der Waals surface area contributed by atoms with E-state index in [0.717, 1.165) is 36.4 Å². The number of hydrogen-bond donors (Lipinski definition) is 3. The average Bonchev–Trinajstić information content (AvgIpc) is 3.22. The molecule has 3 aromatic rings. The molecule has 1 aliphatic heterocycles. The van der Waals surface area contributed by atoms with Crippen LogP contribution in [0.15, 0.2) is 54.9 Å². The summed E-state index contributed by atoms with van der Waals surface area (Å²) in [4.78, 5) is 4.44. The molecule has 1 aliphatic rings. The molecule has 0 spiro atoms. The molecule has 132 valence electrons. The van der Waals surface area contributed by atoms with E-state index in [9.17, 15) is 5.11 Å². The molecule has 0 bridgehead atoms. The minimum Gasteiger partial charge on any atom is -0.391 e. The van der Waals surface area contributed by atoms with Crippen molar-refractivity contribution >= 4 is 23.4 Å². The predicted octanol–water partition coefficient (Wildman–Crippen LogP) is 2.12. The van der Waals surface area contributed by atoms with Gasteiger partial charge in [0.25, 0.3) is 0 Å². The van der Waals surface area contributed by atoms with Crippen molar-refractivity contribution in [2.45, 2.75) is 12.6 Å². The molecule has 3 N–H and O–H groups in total. The van der Waals surface area contributed by atoms with Crippen molar-refractivity contribution in [3.63, 3.8) is 0 Å². The highest BCUT2D eigenvalue weighted by Gasteiger charge is 2.23. The Balaban J connectivity index is 0.00000182. The van der Waals surface area contributed by atoms with Crippen molar-refractivity contribution < 1.29 is 5.11 Å². The van der Waals surface area contributed by atoms with Crippen molar-refractivity contribution in [1.29, 1.82) is 0 Å². The Kier molecular flexibility index (Phi) is 5.71. The van der Waals surface area contributed by atoms with E-state index in [0.29, 0.717) is 12.5 Å². The van der Waals surface area contributed by atoms with Crippen LogP contribution in [0.5, 0.6) is 0 Å². The number of nitrogens with one attached hydrogen (secondary N) is 2. The van der Waals surface area contributed by atoms with Crippen LogP contribution >= 0.6 is 12.4 Å². The van der Waals surface area contributed by atoms with E-state index in [1.54, 1.807) is 0 Å². The summed E-state index contributed by atoms with van der Waals surface area (Å²) >= 11 is 0. The molecule has 4 rings (SSSR count). The highest BCUT2D eigenvalue weighted by Crippen LogP contribution is 2.18. The lowest BCUT2D eigenvalue weighted by Gasteiger charge is -2.14.